The Morgan fingerprint density at radius 3 is 2.62 bits per heavy atom. The number of rotatable bonds is 5. The molecule has 2 aromatic carbocycles. The quantitative estimate of drug-likeness (QED) is 0.708. The van der Waals surface area contributed by atoms with Crippen LogP contribution in [0, 0.1) is 5.82 Å². The first-order valence-corrected chi connectivity index (χ1v) is 7.96. The summed E-state index contributed by atoms with van der Waals surface area (Å²) in [6.45, 7) is 0.190. The van der Waals surface area contributed by atoms with E-state index in [4.69, 9.17) is 22.1 Å². The summed E-state index contributed by atoms with van der Waals surface area (Å²) < 4.78 is 20.1. The first-order valence-electron chi connectivity index (χ1n) is 7.58. The molecule has 0 spiro atoms. The van der Waals surface area contributed by atoms with Crippen LogP contribution >= 0.6 is 11.6 Å². The Balaban J connectivity index is 1.95. The molecular formula is C18H14ClFN4O2. The molecule has 3 rings (SSSR count). The molecular weight excluding hydrogens is 359 g/mol. The molecule has 0 aliphatic heterocycles. The molecule has 8 heteroatoms. The number of amides is 2. The van der Waals surface area contributed by atoms with Crippen LogP contribution in [0.5, 0.6) is 5.88 Å². The average Bonchev–Trinajstić information content (AvgIpc) is 2.61. The van der Waals surface area contributed by atoms with Crippen molar-refractivity contribution in [3.8, 4) is 17.1 Å². The van der Waals surface area contributed by atoms with Gasteiger partial charge in [0.2, 0.25) is 5.88 Å². The number of benzene rings is 2. The molecule has 0 radical (unpaired) electrons. The normalized spacial score (nSPS) is 10.4. The zero-order valence-corrected chi connectivity index (χ0v) is 14.2. The third-order valence-corrected chi connectivity index (χ3v) is 3.71. The summed E-state index contributed by atoms with van der Waals surface area (Å²) in [5.74, 6) is -0.465. The molecule has 2 amide bonds. The van der Waals surface area contributed by atoms with E-state index in [2.05, 4.69) is 15.3 Å². The van der Waals surface area contributed by atoms with Crippen molar-refractivity contribution in [1.82, 2.24) is 9.97 Å². The van der Waals surface area contributed by atoms with Gasteiger partial charge in [0.05, 0.1) is 11.3 Å². The van der Waals surface area contributed by atoms with Crippen molar-refractivity contribution in [2.75, 3.05) is 5.32 Å². The maximum atomic E-state index is 14.4. The van der Waals surface area contributed by atoms with Gasteiger partial charge in [0.1, 0.15) is 18.1 Å². The lowest BCUT2D eigenvalue weighted by Crippen LogP contribution is -2.20. The van der Waals surface area contributed by atoms with Gasteiger partial charge in [-0.25, -0.2) is 19.2 Å². The van der Waals surface area contributed by atoms with Crippen molar-refractivity contribution >= 4 is 23.3 Å². The van der Waals surface area contributed by atoms with Crippen LogP contribution < -0.4 is 15.8 Å². The highest BCUT2D eigenvalue weighted by atomic mass is 35.5. The maximum Gasteiger partial charge on any atom is 0.316 e. The molecule has 0 unspecified atom stereocenters. The lowest BCUT2D eigenvalue weighted by molar-refractivity contribution is 0.259. The summed E-state index contributed by atoms with van der Waals surface area (Å²) in [7, 11) is 0. The average molecular weight is 373 g/mol. The Morgan fingerprint density at radius 2 is 1.88 bits per heavy atom. The molecule has 0 saturated heterocycles. The van der Waals surface area contributed by atoms with Crippen molar-refractivity contribution in [2.45, 2.75) is 6.61 Å². The van der Waals surface area contributed by atoms with Crippen LogP contribution in [0.2, 0.25) is 5.02 Å². The van der Waals surface area contributed by atoms with E-state index in [-0.39, 0.29) is 29.4 Å². The Morgan fingerprint density at radius 1 is 1.15 bits per heavy atom. The minimum Gasteiger partial charge on any atom is -0.471 e. The number of primary amides is 1. The molecule has 0 atom stereocenters. The Labute approximate surface area is 153 Å². The van der Waals surface area contributed by atoms with Gasteiger partial charge in [-0.1, -0.05) is 29.8 Å². The highest BCUT2D eigenvalue weighted by Crippen LogP contribution is 2.34. The summed E-state index contributed by atoms with van der Waals surface area (Å²) >= 11 is 5.86. The number of halogens is 2. The van der Waals surface area contributed by atoms with Gasteiger partial charge in [0.15, 0.2) is 0 Å². The highest BCUT2D eigenvalue weighted by Gasteiger charge is 2.18. The van der Waals surface area contributed by atoms with Crippen LogP contribution in [0.3, 0.4) is 0 Å². The lowest BCUT2D eigenvalue weighted by atomic mass is 10.1. The van der Waals surface area contributed by atoms with Gasteiger partial charge in [0, 0.05) is 17.4 Å². The molecule has 0 fully saturated rings. The molecule has 0 saturated carbocycles. The van der Waals surface area contributed by atoms with E-state index in [9.17, 15) is 9.18 Å². The second-order valence-electron chi connectivity index (χ2n) is 5.28. The number of carbonyl (C=O) groups excluding carboxylic acids is 1. The van der Waals surface area contributed by atoms with Crippen LogP contribution in [0.15, 0.2) is 54.9 Å². The number of nitrogens with two attached hydrogens (primary N) is 1. The van der Waals surface area contributed by atoms with E-state index in [1.165, 1.54) is 30.6 Å². The highest BCUT2D eigenvalue weighted by molar-refractivity contribution is 6.30. The second kappa shape index (κ2) is 7.79. The fraction of sp³-hybridized carbons (Fsp3) is 0.0556. The standard InChI is InChI=1S/C18H14ClFN4O2/c19-12-6-4-11(5-7-12)10-26-17-16(22-8-9-23-17)15-13(20)2-1-3-14(15)24-18(21)25/h1-9H,10H2,(H3,21,24,25). The van der Waals surface area contributed by atoms with E-state index in [0.717, 1.165) is 5.56 Å². The molecule has 0 aliphatic carbocycles. The Hall–Kier alpha value is -3.19. The van der Waals surface area contributed by atoms with E-state index in [0.29, 0.717) is 5.02 Å². The number of urea groups is 1. The first kappa shape index (κ1) is 17.6. The summed E-state index contributed by atoms with van der Waals surface area (Å²) in [5.41, 5.74) is 6.39. The maximum absolute atomic E-state index is 14.4. The fourth-order valence-corrected chi connectivity index (χ4v) is 2.46. The van der Waals surface area contributed by atoms with Crippen LogP contribution in [0.1, 0.15) is 5.56 Å². The minimum atomic E-state index is -0.815. The topological polar surface area (TPSA) is 90.1 Å². The number of nitrogens with one attached hydrogen (secondary N) is 1. The number of ether oxygens (including phenoxy) is 1. The summed E-state index contributed by atoms with van der Waals surface area (Å²) in [6, 6.07) is 10.5. The predicted molar refractivity (Wildman–Crippen MR) is 96.4 cm³/mol. The molecule has 3 N–H and O–H groups in total. The van der Waals surface area contributed by atoms with Crippen molar-refractivity contribution in [2.24, 2.45) is 5.73 Å². The zero-order valence-electron chi connectivity index (χ0n) is 13.4. The van der Waals surface area contributed by atoms with Gasteiger partial charge in [-0.3, -0.25) is 0 Å². The summed E-state index contributed by atoms with van der Waals surface area (Å²) in [4.78, 5) is 19.5. The van der Waals surface area contributed by atoms with Gasteiger partial charge in [0.25, 0.3) is 0 Å². The molecule has 26 heavy (non-hydrogen) atoms. The largest absolute Gasteiger partial charge is 0.471 e. The van der Waals surface area contributed by atoms with Gasteiger partial charge in [-0.2, -0.15) is 0 Å². The van der Waals surface area contributed by atoms with Gasteiger partial charge in [-0.15, -0.1) is 0 Å². The molecule has 1 heterocycles. The van der Waals surface area contributed by atoms with E-state index < -0.39 is 11.8 Å². The zero-order chi connectivity index (χ0) is 18.5. The third kappa shape index (κ3) is 4.07. The summed E-state index contributed by atoms with van der Waals surface area (Å²) in [5, 5.41) is 2.99. The van der Waals surface area contributed by atoms with Gasteiger partial charge < -0.3 is 15.8 Å². The molecule has 3 aromatic rings. The van der Waals surface area contributed by atoms with Crippen LogP contribution in [0.25, 0.3) is 11.3 Å². The van der Waals surface area contributed by atoms with Crippen LogP contribution in [-0.4, -0.2) is 16.0 Å². The number of nitrogens with zero attached hydrogens (tertiary/aromatic N) is 2. The minimum absolute atomic E-state index is 0.0468. The van der Waals surface area contributed by atoms with Crippen molar-refractivity contribution in [1.29, 1.82) is 0 Å². The fourth-order valence-electron chi connectivity index (χ4n) is 2.34. The smallest absolute Gasteiger partial charge is 0.316 e. The number of anilines is 1. The second-order valence-corrected chi connectivity index (χ2v) is 5.71. The van der Waals surface area contributed by atoms with Crippen molar-refractivity contribution in [3.05, 3.63) is 71.3 Å². The molecule has 6 nitrogen and oxygen atoms in total. The third-order valence-electron chi connectivity index (χ3n) is 3.46. The van der Waals surface area contributed by atoms with Crippen molar-refractivity contribution < 1.29 is 13.9 Å². The number of hydrogen-bond acceptors (Lipinski definition) is 4. The molecule has 0 bridgehead atoms. The number of hydrogen-bond donors (Lipinski definition) is 2. The summed E-state index contributed by atoms with van der Waals surface area (Å²) in [6.07, 6.45) is 2.84. The van der Waals surface area contributed by atoms with E-state index >= 15 is 0 Å². The lowest BCUT2D eigenvalue weighted by Gasteiger charge is -2.13. The SMILES string of the molecule is NC(=O)Nc1cccc(F)c1-c1nccnc1OCc1ccc(Cl)cc1. The number of aromatic nitrogens is 2. The molecule has 1 aromatic heterocycles. The van der Waals surface area contributed by atoms with Gasteiger partial charge >= 0.3 is 6.03 Å². The van der Waals surface area contributed by atoms with Crippen molar-refractivity contribution in [3.63, 3.8) is 0 Å². The van der Waals surface area contributed by atoms with E-state index in [1.54, 1.807) is 12.1 Å². The predicted octanol–water partition coefficient (Wildman–Crippen LogP) is 4.01. The Bertz CT molecular complexity index is 935. The Kier molecular flexibility index (Phi) is 5.28. The first-order chi connectivity index (χ1) is 12.5. The monoisotopic (exact) mass is 372 g/mol. The number of carbonyl (C=O) groups is 1. The van der Waals surface area contributed by atoms with Crippen LogP contribution in [-0.2, 0) is 6.61 Å². The molecule has 0 aliphatic rings. The van der Waals surface area contributed by atoms with Crippen LogP contribution in [0.4, 0.5) is 14.9 Å². The van der Waals surface area contributed by atoms with Gasteiger partial charge in [-0.05, 0) is 29.8 Å². The molecule has 132 valence electrons. The van der Waals surface area contributed by atoms with E-state index in [1.807, 2.05) is 12.1 Å².